The summed E-state index contributed by atoms with van der Waals surface area (Å²) in [5, 5.41) is 18.4. The summed E-state index contributed by atoms with van der Waals surface area (Å²) in [6.07, 6.45) is 7.12. The maximum absolute atomic E-state index is 14.2. The zero-order valence-corrected chi connectivity index (χ0v) is 23.6. The number of aromatic nitrogens is 6. The zero-order valence-electron chi connectivity index (χ0n) is 23.6. The molecule has 0 unspecified atom stereocenters. The minimum atomic E-state index is -1.06. The van der Waals surface area contributed by atoms with E-state index in [2.05, 4.69) is 40.8 Å². The van der Waals surface area contributed by atoms with Crippen LogP contribution in [0, 0.1) is 17.1 Å². The Kier molecular flexibility index (Phi) is 7.76. The van der Waals surface area contributed by atoms with Gasteiger partial charge in [0, 0.05) is 69.5 Å². The summed E-state index contributed by atoms with van der Waals surface area (Å²) in [6, 6.07) is 11.8. The number of hydrogen-bond donors (Lipinski definition) is 1. The second-order valence-corrected chi connectivity index (χ2v) is 10.3. The lowest BCUT2D eigenvalue weighted by atomic mass is 10.1. The molecule has 12 nitrogen and oxygen atoms in total. The van der Waals surface area contributed by atoms with Gasteiger partial charge in [-0.1, -0.05) is 12.1 Å². The number of aromatic carboxylic acids is 1. The van der Waals surface area contributed by atoms with Crippen molar-refractivity contribution >= 4 is 17.6 Å². The molecule has 0 bridgehead atoms. The van der Waals surface area contributed by atoms with Gasteiger partial charge >= 0.3 is 5.97 Å². The van der Waals surface area contributed by atoms with Gasteiger partial charge in [-0.25, -0.2) is 19.2 Å². The Morgan fingerprint density at radius 1 is 1.09 bits per heavy atom. The van der Waals surface area contributed by atoms with Crippen LogP contribution in [0.1, 0.15) is 39.9 Å². The number of pyridine rings is 1. The average molecular weight is 584 g/mol. The number of fused-ring (bicyclic) bond motifs is 1. The number of hydrogen-bond acceptors (Lipinski definition) is 8. The monoisotopic (exact) mass is 583 g/mol. The van der Waals surface area contributed by atoms with E-state index in [4.69, 9.17) is 10.00 Å². The van der Waals surface area contributed by atoms with Crippen molar-refractivity contribution in [2.24, 2.45) is 0 Å². The highest BCUT2D eigenvalue weighted by Gasteiger charge is 2.22. The van der Waals surface area contributed by atoms with Crippen molar-refractivity contribution < 1.29 is 19.0 Å². The Bertz CT molecular complexity index is 1810. The number of carboxylic acid groups (broad SMARTS) is 1. The lowest BCUT2D eigenvalue weighted by Crippen LogP contribution is -2.46. The van der Waals surface area contributed by atoms with Gasteiger partial charge in [-0.05, 0) is 25.1 Å². The minimum absolute atomic E-state index is 0.00802. The topological polar surface area (TPSA) is 130 Å². The molecule has 1 fully saturated rings. The first-order valence-electron chi connectivity index (χ1n) is 14.0. The second-order valence-electron chi connectivity index (χ2n) is 10.3. The van der Waals surface area contributed by atoms with Gasteiger partial charge in [0.25, 0.3) is 0 Å². The maximum Gasteiger partial charge on any atom is 0.356 e. The van der Waals surface area contributed by atoms with E-state index in [0.717, 1.165) is 49.9 Å². The van der Waals surface area contributed by atoms with Crippen LogP contribution in [0.3, 0.4) is 0 Å². The first kappa shape index (κ1) is 27.9. The Morgan fingerprint density at radius 3 is 2.67 bits per heavy atom. The Labute approximate surface area is 246 Å². The number of rotatable bonds is 10. The molecule has 1 N–H and O–H groups in total. The Balaban J connectivity index is 1.12. The third-order valence-electron chi connectivity index (χ3n) is 7.62. The van der Waals surface area contributed by atoms with Gasteiger partial charge < -0.3 is 23.9 Å². The van der Waals surface area contributed by atoms with Gasteiger partial charge in [-0.15, -0.1) is 0 Å². The number of carbonyl (C=O) groups is 1. The fraction of sp³-hybridized carbons (Fsp3) is 0.300. The van der Waals surface area contributed by atoms with Crippen LogP contribution in [0.25, 0.3) is 5.78 Å². The van der Waals surface area contributed by atoms with E-state index in [0.29, 0.717) is 30.3 Å². The van der Waals surface area contributed by atoms with Crippen LogP contribution in [0.15, 0.2) is 61.3 Å². The third-order valence-corrected chi connectivity index (χ3v) is 7.62. The van der Waals surface area contributed by atoms with Crippen molar-refractivity contribution in [3.05, 3.63) is 95.3 Å². The second kappa shape index (κ2) is 11.9. The molecule has 13 heteroatoms. The average Bonchev–Trinajstić information content (AvgIpc) is 3.73. The molecule has 43 heavy (non-hydrogen) atoms. The minimum Gasteiger partial charge on any atom is -0.476 e. The zero-order chi connectivity index (χ0) is 29.9. The van der Waals surface area contributed by atoms with E-state index >= 15 is 0 Å². The van der Waals surface area contributed by atoms with Crippen LogP contribution in [0.2, 0.25) is 0 Å². The summed E-state index contributed by atoms with van der Waals surface area (Å²) in [5.74, 6) is 0.224. The van der Waals surface area contributed by atoms with Gasteiger partial charge in [0.15, 0.2) is 5.69 Å². The molecule has 0 radical (unpaired) electrons. The van der Waals surface area contributed by atoms with Gasteiger partial charge in [0.1, 0.15) is 18.2 Å². The predicted molar refractivity (Wildman–Crippen MR) is 154 cm³/mol. The van der Waals surface area contributed by atoms with Crippen molar-refractivity contribution in [1.29, 1.82) is 5.26 Å². The highest BCUT2D eigenvalue weighted by atomic mass is 19.1. The van der Waals surface area contributed by atoms with Crippen LogP contribution < -0.4 is 9.64 Å². The van der Waals surface area contributed by atoms with E-state index in [1.54, 1.807) is 35.1 Å². The molecule has 1 saturated heterocycles. The summed E-state index contributed by atoms with van der Waals surface area (Å²) < 4.78 is 25.9. The van der Waals surface area contributed by atoms with Crippen LogP contribution in [-0.2, 0) is 26.2 Å². The molecule has 5 heterocycles. The lowest BCUT2D eigenvalue weighted by Gasteiger charge is -2.35. The predicted octanol–water partition coefficient (Wildman–Crippen LogP) is 3.41. The number of aryl methyl sites for hydroxylation is 1. The molecule has 0 amide bonds. The first-order valence-corrected chi connectivity index (χ1v) is 14.0. The Hall–Kier alpha value is -5.22. The number of halogens is 1. The summed E-state index contributed by atoms with van der Waals surface area (Å²) in [5.41, 5.74) is 2.67. The third kappa shape index (κ3) is 5.91. The molecule has 1 aromatic carbocycles. The van der Waals surface area contributed by atoms with Crippen molar-refractivity contribution in [1.82, 2.24) is 33.4 Å². The standard InChI is InChI=1S/C30H30FN9O3/c1-2-37-20-33-14-23(37)17-40-24(16-39-18-26(29(41)42)34-30(39)40)15-36-8-10-38(11-9-36)27-4-3-5-28(35-27)43-19-22-7-6-21(13-32)12-25(22)31/h3-7,12,14,16,18,20H,2,8-11,15,17,19H2,1H3,(H,41,42). The number of nitriles is 1. The SMILES string of the molecule is CCn1cncc1Cn1c(CN2CCN(c3cccc(OCc4ccc(C#N)cc4F)n3)CC2)cn2cc(C(=O)O)nc12. The molecule has 220 valence electrons. The molecule has 1 aliphatic rings. The Morgan fingerprint density at radius 2 is 1.93 bits per heavy atom. The quantitative estimate of drug-likeness (QED) is 0.263. The molecule has 0 saturated carbocycles. The van der Waals surface area contributed by atoms with Crippen molar-refractivity contribution in [3.8, 4) is 11.9 Å². The van der Waals surface area contributed by atoms with E-state index in [1.165, 1.54) is 6.07 Å². The van der Waals surface area contributed by atoms with Gasteiger partial charge in [0.05, 0.1) is 35.9 Å². The number of imidazole rings is 3. The van der Waals surface area contributed by atoms with Gasteiger partial charge in [-0.3, -0.25) is 9.30 Å². The molecule has 0 spiro atoms. The van der Waals surface area contributed by atoms with E-state index in [9.17, 15) is 14.3 Å². The van der Waals surface area contributed by atoms with E-state index in [-0.39, 0.29) is 17.9 Å². The largest absolute Gasteiger partial charge is 0.476 e. The number of nitrogens with zero attached hydrogens (tertiary/aromatic N) is 9. The number of anilines is 1. The summed E-state index contributed by atoms with van der Waals surface area (Å²) >= 11 is 0. The van der Waals surface area contributed by atoms with E-state index in [1.807, 2.05) is 30.6 Å². The molecule has 0 atom stereocenters. The number of benzene rings is 1. The van der Waals surface area contributed by atoms with Crippen molar-refractivity contribution in [2.75, 3.05) is 31.1 Å². The number of carboxylic acids is 1. The lowest BCUT2D eigenvalue weighted by molar-refractivity contribution is 0.0691. The molecule has 1 aliphatic heterocycles. The molecular weight excluding hydrogens is 553 g/mol. The molecule has 5 aromatic rings. The summed E-state index contributed by atoms with van der Waals surface area (Å²) in [7, 11) is 0. The molecule has 0 aliphatic carbocycles. The van der Waals surface area contributed by atoms with Gasteiger partial charge in [0.2, 0.25) is 11.7 Å². The first-order chi connectivity index (χ1) is 20.9. The van der Waals surface area contributed by atoms with Crippen molar-refractivity contribution in [3.63, 3.8) is 0 Å². The van der Waals surface area contributed by atoms with Crippen LogP contribution in [0.5, 0.6) is 5.88 Å². The van der Waals surface area contributed by atoms with E-state index < -0.39 is 11.8 Å². The molecular formula is C30H30FN9O3. The molecule has 4 aromatic heterocycles. The fourth-order valence-electron chi connectivity index (χ4n) is 5.28. The highest BCUT2D eigenvalue weighted by molar-refractivity contribution is 5.85. The summed E-state index contributed by atoms with van der Waals surface area (Å²) in [6.45, 7) is 7.15. The van der Waals surface area contributed by atoms with Crippen molar-refractivity contribution in [2.45, 2.75) is 33.2 Å². The maximum atomic E-state index is 14.2. The number of ether oxygens (including phenoxy) is 1. The van der Waals surface area contributed by atoms with Crippen LogP contribution >= 0.6 is 0 Å². The molecule has 6 rings (SSSR count). The normalized spacial score (nSPS) is 13.8. The summed E-state index contributed by atoms with van der Waals surface area (Å²) in [4.78, 5) is 29.4. The smallest absolute Gasteiger partial charge is 0.356 e. The van der Waals surface area contributed by atoms with Crippen LogP contribution in [-0.4, -0.2) is 70.6 Å². The highest BCUT2D eigenvalue weighted by Crippen LogP contribution is 2.22. The van der Waals surface area contributed by atoms with Gasteiger partial charge in [-0.2, -0.15) is 10.2 Å². The van der Waals surface area contributed by atoms with Crippen LogP contribution in [0.4, 0.5) is 10.2 Å². The number of piperazine rings is 1. The fourth-order valence-corrected chi connectivity index (χ4v) is 5.28.